The molecule has 1 unspecified atom stereocenters. The van der Waals surface area contributed by atoms with Gasteiger partial charge in [0.05, 0.1) is 18.0 Å². The standard InChI is InChI=1S/C16H26N2O/c1-3-14(13-19-2)17-15-9-5-6-10-16(15)18-11-7-4-8-12-18/h5-6,9-10,14,17H,3-4,7-8,11-13H2,1-2H3. The maximum absolute atomic E-state index is 5.28. The Morgan fingerprint density at radius 1 is 1.21 bits per heavy atom. The summed E-state index contributed by atoms with van der Waals surface area (Å²) in [5.41, 5.74) is 2.59. The molecule has 0 spiro atoms. The SMILES string of the molecule is CCC(COC)Nc1ccccc1N1CCCCC1. The molecule has 1 aliphatic rings. The molecule has 0 amide bonds. The van der Waals surface area contributed by atoms with E-state index in [9.17, 15) is 0 Å². The van der Waals surface area contributed by atoms with Crippen molar-refractivity contribution in [2.45, 2.75) is 38.6 Å². The third kappa shape index (κ3) is 3.87. The van der Waals surface area contributed by atoms with Crippen molar-refractivity contribution in [2.24, 2.45) is 0 Å². The highest BCUT2D eigenvalue weighted by molar-refractivity contribution is 5.70. The summed E-state index contributed by atoms with van der Waals surface area (Å²) in [4.78, 5) is 2.51. The molecule has 1 fully saturated rings. The van der Waals surface area contributed by atoms with Crippen molar-refractivity contribution in [1.82, 2.24) is 0 Å². The molecule has 1 atom stereocenters. The zero-order valence-corrected chi connectivity index (χ0v) is 12.2. The quantitative estimate of drug-likeness (QED) is 0.849. The summed E-state index contributed by atoms with van der Waals surface area (Å²) in [7, 11) is 1.76. The molecule has 1 aromatic carbocycles. The van der Waals surface area contributed by atoms with Crippen LogP contribution in [0.15, 0.2) is 24.3 Å². The van der Waals surface area contributed by atoms with Gasteiger partial charge in [0.25, 0.3) is 0 Å². The Labute approximate surface area is 116 Å². The van der Waals surface area contributed by atoms with Crippen molar-refractivity contribution >= 4 is 11.4 Å². The highest BCUT2D eigenvalue weighted by atomic mass is 16.5. The Kier molecular flexibility index (Phi) is 5.52. The maximum atomic E-state index is 5.28. The van der Waals surface area contributed by atoms with Crippen molar-refractivity contribution < 1.29 is 4.74 Å². The van der Waals surface area contributed by atoms with Crippen molar-refractivity contribution in [1.29, 1.82) is 0 Å². The molecule has 0 bridgehead atoms. The number of anilines is 2. The summed E-state index contributed by atoms with van der Waals surface area (Å²) >= 11 is 0. The van der Waals surface area contributed by atoms with Crippen LogP contribution in [0.3, 0.4) is 0 Å². The monoisotopic (exact) mass is 262 g/mol. The van der Waals surface area contributed by atoms with Crippen LogP contribution in [0.5, 0.6) is 0 Å². The van der Waals surface area contributed by atoms with Gasteiger partial charge in [-0.05, 0) is 37.8 Å². The summed E-state index contributed by atoms with van der Waals surface area (Å²) in [5, 5.41) is 3.63. The second-order valence-corrected chi connectivity index (χ2v) is 5.27. The topological polar surface area (TPSA) is 24.5 Å². The highest BCUT2D eigenvalue weighted by Gasteiger charge is 2.15. The van der Waals surface area contributed by atoms with Gasteiger partial charge in [-0.15, -0.1) is 0 Å². The number of rotatable bonds is 6. The number of methoxy groups -OCH3 is 1. The van der Waals surface area contributed by atoms with Crippen LogP contribution < -0.4 is 10.2 Å². The summed E-state index contributed by atoms with van der Waals surface area (Å²) < 4.78 is 5.28. The van der Waals surface area contributed by atoms with E-state index < -0.39 is 0 Å². The van der Waals surface area contributed by atoms with Crippen molar-refractivity contribution in [3.8, 4) is 0 Å². The molecular weight excluding hydrogens is 236 g/mol. The Morgan fingerprint density at radius 3 is 2.63 bits per heavy atom. The summed E-state index contributed by atoms with van der Waals surface area (Å²) in [5.74, 6) is 0. The molecule has 1 heterocycles. The molecule has 1 saturated heterocycles. The predicted octanol–water partition coefficient (Wildman–Crippen LogP) is 3.51. The van der Waals surface area contributed by atoms with Crippen LogP contribution in [-0.2, 0) is 4.74 Å². The zero-order valence-electron chi connectivity index (χ0n) is 12.2. The molecule has 0 saturated carbocycles. The Morgan fingerprint density at radius 2 is 1.95 bits per heavy atom. The molecule has 3 nitrogen and oxygen atoms in total. The third-order valence-electron chi connectivity index (χ3n) is 3.82. The highest BCUT2D eigenvalue weighted by Crippen LogP contribution is 2.28. The first-order chi connectivity index (χ1) is 9.35. The van der Waals surface area contributed by atoms with Gasteiger partial charge in [0.15, 0.2) is 0 Å². The van der Waals surface area contributed by atoms with Crippen LogP contribution >= 0.6 is 0 Å². The molecule has 106 valence electrons. The fourth-order valence-corrected chi connectivity index (χ4v) is 2.69. The molecule has 0 radical (unpaired) electrons. The molecule has 1 aliphatic heterocycles. The van der Waals surface area contributed by atoms with Crippen LogP contribution in [0.1, 0.15) is 32.6 Å². The average Bonchev–Trinajstić information content (AvgIpc) is 2.48. The van der Waals surface area contributed by atoms with Crippen molar-refractivity contribution in [2.75, 3.05) is 37.0 Å². The minimum atomic E-state index is 0.385. The number of hydrogen-bond acceptors (Lipinski definition) is 3. The summed E-state index contributed by atoms with van der Waals surface area (Å²) in [6, 6.07) is 9.04. The first kappa shape index (κ1) is 14.2. The lowest BCUT2D eigenvalue weighted by atomic mass is 10.1. The van der Waals surface area contributed by atoms with Gasteiger partial charge in [-0.2, -0.15) is 0 Å². The number of para-hydroxylation sites is 2. The van der Waals surface area contributed by atoms with Crippen LogP contribution in [0, 0.1) is 0 Å². The van der Waals surface area contributed by atoms with E-state index in [-0.39, 0.29) is 0 Å². The molecule has 0 aromatic heterocycles. The first-order valence-electron chi connectivity index (χ1n) is 7.44. The normalized spacial score (nSPS) is 17.3. The maximum Gasteiger partial charge on any atom is 0.0663 e. The number of nitrogens with zero attached hydrogens (tertiary/aromatic N) is 1. The minimum absolute atomic E-state index is 0.385. The van der Waals surface area contributed by atoms with Crippen molar-refractivity contribution in [3.63, 3.8) is 0 Å². The van der Waals surface area contributed by atoms with E-state index in [1.807, 2.05) is 0 Å². The van der Waals surface area contributed by atoms with E-state index in [1.54, 1.807) is 7.11 Å². The lowest BCUT2D eigenvalue weighted by molar-refractivity contribution is 0.184. The molecule has 1 aromatic rings. The smallest absolute Gasteiger partial charge is 0.0663 e. The zero-order chi connectivity index (χ0) is 13.5. The van der Waals surface area contributed by atoms with Gasteiger partial charge in [-0.25, -0.2) is 0 Å². The van der Waals surface area contributed by atoms with E-state index in [0.717, 1.165) is 13.0 Å². The minimum Gasteiger partial charge on any atom is -0.383 e. The number of piperidine rings is 1. The largest absolute Gasteiger partial charge is 0.383 e. The molecule has 2 rings (SSSR count). The summed E-state index contributed by atoms with van der Waals surface area (Å²) in [6.45, 7) is 5.31. The van der Waals surface area contributed by atoms with E-state index in [2.05, 4.69) is 41.4 Å². The Balaban J connectivity index is 2.10. The number of benzene rings is 1. The second-order valence-electron chi connectivity index (χ2n) is 5.27. The molecule has 1 N–H and O–H groups in total. The van der Waals surface area contributed by atoms with E-state index in [4.69, 9.17) is 4.74 Å². The molecule has 19 heavy (non-hydrogen) atoms. The van der Waals surface area contributed by atoms with E-state index in [0.29, 0.717) is 6.04 Å². The van der Waals surface area contributed by atoms with Gasteiger partial charge in [-0.3, -0.25) is 0 Å². The van der Waals surface area contributed by atoms with Gasteiger partial charge in [0.1, 0.15) is 0 Å². The predicted molar refractivity (Wildman–Crippen MR) is 82.1 cm³/mol. The fourth-order valence-electron chi connectivity index (χ4n) is 2.69. The van der Waals surface area contributed by atoms with Gasteiger partial charge < -0.3 is 15.0 Å². The van der Waals surface area contributed by atoms with Gasteiger partial charge >= 0.3 is 0 Å². The number of hydrogen-bond donors (Lipinski definition) is 1. The fraction of sp³-hybridized carbons (Fsp3) is 0.625. The molecule has 3 heteroatoms. The van der Waals surface area contributed by atoms with Gasteiger partial charge in [0, 0.05) is 26.2 Å². The van der Waals surface area contributed by atoms with Crippen LogP contribution in [-0.4, -0.2) is 32.8 Å². The lowest BCUT2D eigenvalue weighted by Crippen LogP contribution is -2.31. The van der Waals surface area contributed by atoms with Gasteiger partial charge in [-0.1, -0.05) is 19.1 Å². The second kappa shape index (κ2) is 7.39. The molecular formula is C16H26N2O. The number of nitrogens with one attached hydrogen (secondary N) is 1. The van der Waals surface area contributed by atoms with E-state index >= 15 is 0 Å². The average molecular weight is 262 g/mol. The van der Waals surface area contributed by atoms with Crippen LogP contribution in [0.25, 0.3) is 0 Å². The lowest BCUT2D eigenvalue weighted by Gasteiger charge is -2.31. The van der Waals surface area contributed by atoms with Crippen molar-refractivity contribution in [3.05, 3.63) is 24.3 Å². The van der Waals surface area contributed by atoms with Crippen LogP contribution in [0.4, 0.5) is 11.4 Å². The third-order valence-corrected chi connectivity index (χ3v) is 3.82. The van der Waals surface area contributed by atoms with Crippen LogP contribution in [0.2, 0.25) is 0 Å². The Hall–Kier alpha value is -1.22. The number of ether oxygens (including phenoxy) is 1. The van der Waals surface area contributed by atoms with E-state index in [1.165, 1.54) is 43.7 Å². The summed E-state index contributed by atoms with van der Waals surface area (Å²) in [6.07, 6.45) is 5.06. The first-order valence-corrected chi connectivity index (χ1v) is 7.44. The Bertz CT molecular complexity index is 375. The molecule has 0 aliphatic carbocycles. The van der Waals surface area contributed by atoms with Gasteiger partial charge in [0.2, 0.25) is 0 Å².